The Morgan fingerprint density at radius 1 is 1.11 bits per heavy atom. The maximum Gasteiger partial charge on any atom is 0.294 e. The molecular formula is C18H14N2O7S. The first-order valence-corrected chi connectivity index (χ1v) is 9.31. The van der Waals surface area contributed by atoms with Gasteiger partial charge < -0.3 is 10.4 Å². The van der Waals surface area contributed by atoms with Gasteiger partial charge in [0.05, 0.1) is 9.82 Å². The lowest BCUT2D eigenvalue weighted by atomic mass is 10.1. The van der Waals surface area contributed by atoms with Crippen LogP contribution >= 0.6 is 0 Å². The van der Waals surface area contributed by atoms with Crippen molar-refractivity contribution in [3.63, 3.8) is 0 Å². The number of phenolic OH excluding ortho intramolecular Hbond substituents is 1. The predicted octanol–water partition coefficient (Wildman–Crippen LogP) is 3.26. The molecule has 144 valence electrons. The minimum Gasteiger partial charge on any atom is -0.507 e. The normalized spacial score (nSPS) is 11.4. The highest BCUT2D eigenvalue weighted by Crippen LogP contribution is 2.31. The van der Waals surface area contributed by atoms with E-state index < -0.39 is 25.8 Å². The first-order valence-electron chi connectivity index (χ1n) is 7.87. The number of hydrogen-bond acceptors (Lipinski definition) is 6. The summed E-state index contributed by atoms with van der Waals surface area (Å²) in [5.74, 6) is -0.890. The zero-order valence-electron chi connectivity index (χ0n) is 14.4. The average Bonchev–Trinajstić information content (AvgIpc) is 2.60. The van der Waals surface area contributed by atoms with Gasteiger partial charge in [0.1, 0.15) is 5.75 Å². The van der Waals surface area contributed by atoms with Crippen LogP contribution < -0.4 is 5.32 Å². The molecule has 0 unspecified atom stereocenters. The van der Waals surface area contributed by atoms with Gasteiger partial charge in [-0.25, -0.2) is 0 Å². The maximum absolute atomic E-state index is 12.4. The molecule has 3 N–H and O–H groups in total. The second kappa shape index (κ2) is 6.91. The zero-order chi connectivity index (χ0) is 20.6. The van der Waals surface area contributed by atoms with E-state index in [1.54, 1.807) is 0 Å². The van der Waals surface area contributed by atoms with Gasteiger partial charge in [0.2, 0.25) is 0 Å². The van der Waals surface area contributed by atoms with E-state index in [9.17, 15) is 28.4 Å². The number of nitrogens with one attached hydrogen (secondary N) is 1. The van der Waals surface area contributed by atoms with Crippen molar-refractivity contribution in [2.75, 3.05) is 5.32 Å². The van der Waals surface area contributed by atoms with Crippen LogP contribution in [0, 0.1) is 17.0 Å². The monoisotopic (exact) mass is 402 g/mol. The van der Waals surface area contributed by atoms with E-state index in [2.05, 4.69) is 5.32 Å². The molecule has 1 amide bonds. The standard InChI is InChI=1S/C18H14N2O7S/c1-10-6-12(3-5-16(10)20(23)24)18(22)19-13-4-2-11-7-14(28(25,26)27)9-17(21)15(11)8-13/h2-9,21H,1H3,(H,19,22)(H,25,26,27). The minimum atomic E-state index is -4.47. The van der Waals surface area contributed by atoms with Crippen LogP contribution in [0.4, 0.5) is 11.4 Å². The molecule has 0 atom stereocenters. The van der Waals surface area contributed by atoms with Crippen molar-refractivity contribution in [2.45, 2.75) is 11.8 Å². The summed E-state index contributed by atoms with van der Waals surface area (Å²) in [7, 11) is -4.47. The van der Waals surface area contributed by atoms with Crippen LogP contribution in [0.1, 0.15) is 15.9 Å². The van der Waals surface area contributed by atoms with Crippen LogP contribution in [0.3, 0.4) is 0 Å². The molecule has 3 aromatic carbocycles. The molecule has 0 bridgehead atoms. The fraction of sp³-hybridized carbons (Fsp3) is 0.0556. The highest BCUT2D eigenvalue weighted by Gasteiger charge is 2.16. The number of anilines is 1. The van der Waals surface area contributed by atoms with E-state index in [0.717, 1.165) is 6.07 Å². The quantitative estimate of drug-likeness (QED) is 0.345. The lowest BCUT2D eigenvalue weighted by Gasteiger charge is -2.09. The van der Waals surface area contributed by atoms with Gasteiger partial charge in [-0.05, 0) is 42.6 Å². The Morgan fingerprint density at radius 2 is 1.82 bits per heavy atom. The molecule has 0 spiro atoms. The topological polar surface area (TPSA) is 147 Å². The van der Waals surface area contributed by atoms with Gasteiger partial charge in [0.25, 0.3) is 21.7 Å². The number of fused-ring (bicyclic) bond motifs is 1. The molecule has 0 aliphatic carbocycles. The van der Waals surface area contributed by atoms with E-state index in [4.69, 9.17) is 4.55 Å². The van der Waals surface area contributed by atoms with Crippen molar-refractivity contribution >= 4 is 38.2 Å². The third-order valence-corrected chi connectivity index (χ3v) is 4.95. The number of phenols is 1. The number of aryl methyl sites for hydroxylation is 1. The number of benzene rings is 3. The lowest BCUT2D eigenvalue weighted by molar-refractivity contribution is -0.385. The van der Waals surface area contributed by atoms with Gasteiger partial charge in [-0.1, -0.05) is 6.07 Å². The molecule has 0 saturated heterocycles. The van der Waals surface area contributed by atoms with Crippen molar-refractivity contribution in [2.24, 2.45) is 0 Å². The second-order valence-electron chi connectivity index (χ2n) is 6.07. The number of nitro groups is 1. The summed E-state index contributed by atoms with van der Waals surface area (Å²) in [4.78, 5) is 22.3. The van der Waals surface area contributed by atoms with E-state index in [1.807, 2.05) is 0 Å². The Labute approximate surface area is 159 Å². The predicted molar refractivity (Wildman–Crippen MR) is 101 cm³/mol. The molecule has 0 saturated carbocycles. The third-order valence-electron chi connectivity index (χ3n) is 4.12. The largest absolute Gasteiger partial charge is 0.507 e. The van der Waals surface area contributed by atoms with E-state index in [-0.39, 0.29) is 22.4 Å². The van der Waals surface area contributed by atoms with Gasteiger partial charge in [-0.15, -0.1) is 0 Å². The first-order chi connectivity index (χ1) is 13.1. The van der Waals surface area contributed by atoms with Crippen molar-refractivity contribution < 1.29 is 27.8 Å². The molecule has 10 heteroatoms. The zero-order valence-corrected chi connectivity index (χ0v) is 15.2. The highest BCUT2D eigenvalue weighted by molar-refractivity contribution is 7.85. The molecule has 0 fully saturated rings. The van der Waals surface area contributed by atoms with Crippen LogP contribution in [0.2, 0.25) is 0 Å². The van der Waals surface area contributed by atoms with Crippen molar-refractivity contribution in [3.8, 4) is 5.75 Å². The maximum atomic E-state index is 12.4. The number of amides is 1. The van der Waals surface area contributed by atoms with E-state index in [0.29, 0.717) is 16.6 Å². The summed E-state index contributed by atoms with van der Waals surface area (Å²) >= 11 is 0. The van der Waals surface area contributed by atoms with Crippen LogP contribution in [0.5, 0.6) is 5.75 Å². The summed E-state index contributed by atoms with van der Waals surface area (Å²) in [6.07, 6.45) is 0. The Morgan fingerprint density at radius 3 is 2.43 bits per heavy atom. The van der Waals surface area contributed by atoms with Gasteiger partial charge in [0, 0.05) is 34.3 Å². The minimum absolute atomic E-state index is 0.0955. The molecule has 0 aliphatic rings. The van der Waals surface area contributed by atoms with Crippen LogP contribution in [-0.4, -0.2) is 28.9 Å². The van der Waals surface area contributed by atoms with Crippen molar-refractivity contribution in [1.29, 1.82) is 0 Å². The van der Waals surface area contributed by atoms with Gasteiger partial charge in [-0.2, -0.15) is 8.42 Å². The lowest BCUT2D eigenvalue weighted by Crippen LogP contribution is -2.12. The van der Waals surface area contributed by atoms with Crippen molar-refractivity contribution in [3.05, 3.63) is 69.8 Å². The van der Waals surface area contributed by atoms with E-state index >= 15 is 0 Å². The molecular weight excluding hydrogens is 388 g/mol. The molecule has 3 aromatic rings. The summed E-state index contributed by atoms with van der Waals surface area (Å²) < 4.78 is 31.6. The number of rotatable bonds is 4. The Kier molecular flexibility index (Phi) is 4.75. The Balaban J connectivity index is 1.92. The molecule has 0 aromatic heterocycles. The third kappa shape index (κ3) is 3.77. The Bertz CT molecular complexity index is 1240. The summed E-state index contributed by atoms with van der Waals surface area (Å²) in [6, 6.07) is 10.5. The van der Waals surface area contributed by atoms with Gasteiger partial charge >= 0.3 is 0 Å². The average molecular weight is 402 g/mol. The molecule has 0 aliphatic heterocycles. The van der Waals surface area contributed by atoms with Gasteiger partial charge in [-0.3, -0.25) is 19.5 Å². The number of nitrogens with zero attached hydrogens (tertiary/aromatic N) is 1. The number of hydrogen-bond donors (Lipinski definition) is 3. The Hall–Kier alpha value is -3.50. The summed E-state index contributed by atoms with van der Waals surface area (Å²) in [6.45, 7) is 1.52. The van der Waals surface area contributed by atoms with Crippen LogP contribution in [0.15, 0.2) is 53.4 Å². The fourth-order valence-corrected chi connectivity index (χ4v) is 3.28. The summed E-state index contributed by atoms with van der Waals surface area (Å²) in [5.41, 5.74) is 0.783. The second-order valence-corrected chi connectivity index (χ2v) is 7.49. The van der Waals surface area contributed by atoms with Crippen LogP contribution in [0.25, 0.3) is 10.8 Å². The number of carbonyl (C=O) groups excluding carboxylic acids is 1. The van der Waals surface area contributed by atoms with Crippen molar-refractivity contribution in [1.82, 2.24) is 0 Å². The molecule has 0 heterocycles. The van der Waals surface area contributed by atoms with Gasteiger partial charge in [0.15, 0.2) is 0 Å². The molecule has 0 radical (unpaired) electrons. The van der Waals surface area contributed by atoms with Crippen LogP contribution in [-0.2, 0) is 10.1 Å². The number of nitro benzene ring substituents is 1. The first kappa shape index (κ1) is 19.3. The van der Waals surface area contributed by atoms with E-state index in [1.165, 1.54) is 49.4 Å². The number of aromatic hydroxyl groups is 1. The fourth-order valence-electron chi connectivity index (χ4n) is 2.74. The smallest absolute Gasteiger partial charge is 0.294 e. The molecule has 28 heavy (non-hydrogen) atoms. The highest BCUT2D eigenvalue weighted by atomic mass is 32.2. The number of carbonyl (C=O) groups is 1. The molecule has 3 rings (SSSR count). The summed E-state index contributed by atoms with van der Waals surface area (Å²) in [5, 5.41) is 24.1. The SMILES string of the molecule is Cc1cc(C(=O)Nc2ccc3cc(S(=O)(=O)O)cc(O)c3c2)ccc1[N+](=O)[O-]. The molecule has 9 nitrogen and oxygen atoms in total.